The van der Waals surface area contributed by atoms with Crippen LogP contribution in [0.5, 0.6) is 0 Å². The van der Waals surface area contributed by atoms with Crippen LogP contribution in [0.15, 0.2) is 46.9 Å². The van der Waals surface area contributed by atoms with Crippen molar-refractivity contribution < 1.29 is 17.6 Å². The van der Waals surface area contributed by atoms with Gasteiger partial charge in [-0.05, 0) is 24.3 Å². The van der Waals surface area contributed by atoms with Gasteiger partial charge in [0.25, 0.3) is 0 Å². The van der Waals surface area contributed by atoms with E-state index in [0.717, 1.165) is 27.6 Å². The van der Waals surface area contributed by atoms with Crippen LogP contribution in [0.4, 0.5) is 5.69 Å². The van der Waals surface area contributed by atoms with E-state index in [9.17, 15) is 13.2 Å². The minimum atomic E-state index is -3.05. The molecule has 6 heteroatoms. The summed E-state index contributed by atoms with van der Waals surface area (Å²) < 4.78 is 29.7. The maximum Gasteiger partial charge on any atom is 0.227 e. The Balaban J connectivity index is 1.66. The smallest absolute Gasteiger partial charge is 0.227 e. The molecule has 2 saturated heterocycles. The van der Waals surface area contributed by atoms with E-state index in [4.69, 9.17) is 4.42 Å². The number of hydrogen-bond donors (Lipinski definition) is 0. The van der Waals surface area contributed by atoms with Crippen molar-refractivity contribution in [3.63, 3.8) is 0 Å². The SMILES string of the molecule is O=C1C[C@@H]2CS(=O)(=O)C[C@@H]2N1c1ccc2oc3ccccc3c2c1. The third-order valence-electron chi connectivity index (χ3n) is 5.11. The second kappa shape index (κ2) is 4.60. The van der Waals surface area contributed by atoms with Crippen LogP contribution >= 0.6 is 0 Å². The number of sulfone groups is 1. The van der Waals surface area contributed by atoms with Crippen LogP contribution in [0.25, 0.3) is 21.9 Å². The molecule has 1 aromatic heterocycles. The van der Waals surface area contributed by atoms with Gasteiger partial charge in [-0.25, -0.2) is 8.42 Å². The molecular formula is C18H15NO4S. The standard InChI is InChI=1S/C18H15NO4S/c20-18-7-11-9-24(21,22)10-15(11)19(18)12-5-6-17-14(8-12)13-3-1-2-4-16(13)23-17/h1-6,8,11,15H,7,9-10H2/t11-,15+/m1/s1. The van der Waals surface area contributed by atoms with Gasteiger partial charge in [-0.1, -0.05) is 18.2 Å². The fourth-order valence-corrected chi connectivity index (χ4v) is 6.16. The number of benzene rings is 2. The van der Waals surface area contributed by atoms with Gasteiger partial charge in [0.15, 0.2) is 9.84 Å². The molecule has 2 aliphatic rings. The fraction of sp³-hybridized carbons (Fsp3) is 0.278. The molecule has 3 heterocycles. The first kappa shape index (κ1) is 14.0. The van der Waals surface area contributed by atoms with Crippen LogP contribution in [-0.2, 0) is 14.6 Å². The summed E-state index contributed by atoms with van der Waals surface area (Å²) in [5.41, 5.74) is 2.32. The number of carbonyl (C=O) groups excluding carboxylic acids is 1. The molecule has 0 aliphatic carbocycles. The monoisotopic (exact) mass is 341 g/mol. The normalized spacial score (nSPS) is 25.7. The zero-order valence-corrected chi connectivity index (χ0v) is 13.6. The molecule has 2 aromatic carbocycles. The number of furan rings is 1. The van der Waals surface area contributed by atoms with Gasteiger partial charge in [-0.3, -0.25) is 4.79 Å². The van der Waals surface area contributed by atoms with Gasteiger partial charge in [0.05, 0.1) is 17.5 Å². The van der Waals surface area contributed by atoms with E-state index >= 15 is 0 Å². The zero-order valence-electron chi connectivity index (χ0n) is 12.8. The Labute approximate surface area is 138 Å². The maximum atomic E-state index is 12.4. The number of anilines is 1. The molecule has 2 aliphatic heterocycles. The summed E-state index contributed by atoms with van der Waals surface area (Å²) in [4.78, 5) is 14.1. The molecule has 24 heavy (non-hydrogen) atoms. The largest absolute Gasteiger partial charge is 0.456 e. The molecule has 0 radical (unpaired) electrons. The summed E-state index contributed by atoms with van der Waals surface area (Å²) in [5.74, 6) is 0.107. The first-order valence-electron chi connectivity index (χ1n) is 7.96. The first-order chi connectivity index (χ1) is 11.5. The van der Waals surface area contributed by atoms with Gasteiger partial charge in [0, 0.05) is 28.8 Å². The van der Waals surface area contributed by atoms with E-state index in [2.05, 4.69) is 0 Å². The molecule has 0 unspecified atom stereocenters. The average molecular weight is 341 g/mol. The maximum absolute atomic E-state index is 12.4. The van der Waals surface area contributed by atoms with Crippen molar-refractivity contribution in [3.8, 4) is 0 Å². The predicted molar refractivity (Wildman–Crippen MR) is 91.8 cm³/mol. The van der Waals surface area contributed by atoms with Crippen LogP contribution in [0, 0.1) is 5.92 Å². The minimum Gasteiger partial charge on any atom is -0.456 e. The molecule has 5 nitrogen and oxygen atoms in total. The molecule has 2 fully saturated rings. The molecule has 0 spiro atoms. The van der Waals surface area contributed by atoms with Gasteiger partial charge in [0.2, 0.25) is 5.91 Å². The molecule has 0 bridgehead atoms. The third-order valence-corrected chi connectivity index (χ3v) is 6.90. The lowest BCUT2D eigenvalue weighted by molar-refractivity contribution is -0.117. The Morgan fingerprint density at radius 3 is 2.67 bits per heavy atom. The number of hydrogen-bond acceptors (Lipinski definition) is 4. The highest BCUT2D eigenvalue weighted by atomic mass is 32.2. The predicted octanol–water partition coefficient (Wildman–Crippen LogP) is 2.74. The third kappa shape index (κ3) is 1.92. The number of para-hydroxylation sites is 1. The van der Waals surface area contributed by atoms with Gasteiger partial charge in [-0.15, -0.1) is 0 Å². The molecule has 122 valence electrons. The Kier molecular flexibility index (Phi) is 2.69. The lowest BCUT2D eigenvalue weighted by Crippen LogP contribution is -2.36. The summed E-state index contributed by atoms with van der Waals surface area (Å²) in [5, 5.41) is 1.94. The van der Waals surface area contributed by atoms with E-state index in [-0.39, 0.29) is 29.4 Å². The first-order valence-corrected chi connectivity index (χ1v) is 9.78. The highest BCUT2D eigenvalue weighted by molar-refractivity contribution is 7.91. The number of carbonyl (C=O) groups is 1. The van der Waals surface area contributed by atoms with Crippen LogP contribution in [-0.4, -0.2) is 31.9 Å². The van der Waals surface area contributed by atoms with E-state index in [0.29, 0.717) is 6.42 Å². The Morgan fingerprint density at radius 2 is 1.79 bits per heavy atom. The topological polar surface area (TPSA) is 67.6 Å². The van der Waals surface area contributed by atoms with E-state index < -0.39 is 9.84 Å². The van der Waals surface area contributed by atoms with Crippen molar-refractivity contribution in [2.24, 2.45) is 5.92 Å². The highest BCUT2D eigenvalue weighted by Gasteiger charge is 2.49. The highest BCUT2D eigenvalue weighted by Crippen LogP contribution is 2.39. The van der Waals surface area contributed by atoms with Crippen molar-refractivity contribution in [2.75, 3.05) is 16.4 Å². The Hall–Kier alpha value is -2.34. The molecule has 0 saturated carbocycles. The average Bonchev–Trinajstić information content (AvgIpc) is 3.13. The molecule has 2 atom stereocenters. The Bertz CT molecular complexity index is 1100. The van der Waals surface area contributed by atoms with Crippen molar-refractivity contribution >= 4 is 43.4 Å². The number of amides is 1. The fourth-order valence-electron chi connectivity index (χ4n) is 4.09. The summed E-state index contributed by atoms with van der Waals surface area (Å²) in [6.07, 6.45) is 0.314. The van der Waals surface area contributed by atoms with Crippen LogP contribution < -0.4 is 4.90 Å². The van der Waals surface area contributed by atoms with Crippen LogP contribution in [0.1, 0.15) is 6.42 Å². The summed E-state index contributed by atoms with van der Waals surface area (Å²) in [6.45, 7) is 0. The van der Waals surface area contributed by atoms with E-state index in [1.807, 2.05) is 42.5 Å². The van der Waals surface area contributed by atoms with Gasteiger partial charge < -0.3 is 9.32 Å². The summed E-state index contributed by atoms with van der Waals surface area (Å²) >= 11 is 0. The molecule has 5 rings (SSSR count). The van der Waals surface area contributed by atoms with Crippen molar-refractivity contribution in [3.05, 3.63) is 42.5 Å². The van der Waals surface area contributed by atoms with Gasteiger partial charge in [0.1, 0.15) is 11.2 Å². The number of fused-ring (bicyclic) bond motifs is 4. The molecule has 3 aromatic rings. The lowest BCUT2D eigenvalue weighted by Gasteiger charge is -2.23. The quantitative estimate of drug-likeness (QED) is 0.682. The second-order valence-electron chi connectivity index (χ2n) is 6.65. The second-order valence-corrected chi connectivity index (χ2v) is 8.80. The van der Waals surface area contributed by atoms with Crippen molar-refractivity contribution in [1.29, 1.82) is 0 Å². The van der Waals surface area contributed by atoms with Gasteiger partial charge >= 0.3 is 0 Å². The van der Waals surface area contributed by atoms with Crippen molar-refractivity contribution in [1.82, 2.24) is 0 Å². The van der Waals surface area contributed by atoms with Crippen LogP contribution in [0.3, 0.4) is 0 Å². The summed E-state index contributed by atoms with van der Waals surface area (Å²) in [7, 11) is -3.05. The molecule has 0 N–H and O–H groups in total. The van der Waals surface area contributed by atoms with E-state index in [1.54, 1.807) is 4.90 Å². The zero-order chi connectivity index (χ0) is 16.5. The van der Waals surface area contributed by atoms with Crippen molar-refractivity contribution in [2.45, 2.75) is 12.5 Å². The molecule has 1 amide bonds. The van der Waals surface area contributed by atoms with Crippen LogP contribution in [0.2, 0.25) is 0 Å². The Morgan fingerprint density at radius 1 is 1.00 bits per heavy atom. The number of rotatable bonds is 1. The lowest BCUT2D eigenvalue weighted by atomic mass is 10.0. The minimum absolute atomic E-state index is 0.00653. The van der Waals surface area contributed by atoms with Gasteiger partial charge in [-0.2, -0.15) is 0 Å². The molecular weight excluding hydrogens is 326 g/mol. The summed E-state index contributed by atoms with van der Waals surface area (Å²) in [6, 6.07) is 13.2. The number of nitrogens with zero attached hydrogens (tertiary/aromatic N) is 1. The van der Waals surface area contributed by atoms with E-state index in [1.165, 1.54) is 0 Å².